The van der Waals surface area contributed by atoms with Crippen molar-refractivity contribution in [2.45, 2.75) is 59.5 Å². The van der Waals surface area contributed by atoms with E-state index in [0.717, 1.165) is 67.8 Å². The van der Waals surface area contributed by atoms with Crippen LogP contribution in [0.4, 0.5) is 26.6 Å². The van der Waals surface area contributed by atoms with Crippen molar-refractivity contribution in [3.05, 3.63) is 100 Å². The molecule has 1 aromatic heterocycles. The number of hydrogen-bond acceptors (Lipinski definition) is 8. The fraction of sp³-hybridized carbons (Fsp3) is 0.395. The zero-order chi connectivity index (χ0) is 33.8. The Morgan fingerprint density at radius 1 is 1.02 bits per heavy atom. The number of carbonyl (C=O) groups excluding carboxylic acids is 1. The van der Waals surface area contributed by atoms with Gasteiger partial charge in [0.25, 0.3) is 0 Å². The Morgan fingerprint density at radius 3 is 2.50 bits per heavy atom. The first kappa shape index (κ1) is 33.4. The van der Waals surface area contributed by atoms with Gasteiger partial charge in [-0.05, 0) is 87.9 Å². The molecule has 6 rings (SSSR count). The van der Waals surface area contributed by atoms with E-state index in [1.54, 1.807) is 29.3 Å². The number of hydrogen-bond donors (Lipinski definition) is 1. The zero-order valence-electron chi connectivity index (χ0n) is 28.5. The number of benzene rings is 3. The number of ether oxygens (including phenoxy) is 2. The lowest BCUT2D eigenvalue weighted by atomic mass is 10.1. The van der Waals surface area contributed by atoms with Gasteiger partial charge in [0.05, 0.1) is 6.04 Å². The van der Waals surface area contributed by atoms with Crippen LogP contribution in [0.25, 0.3) is 0 Å². The largest absolute Gasteiger partial charge is 0.489 e. The highest BCUT2D eigenvalue weighted by Crippen LogP contribution is 2.39. The summed E-state index contributed by atoms with van der Waals surface area (Å²) in [5, 5.41) is 3.10. The maximum absolute atomic E-state index is 15.1. The van der Waals surface area contributed by atoms with E-state index in [0.29, 0.717) is 29.9 Å². The predicted octanol–water partition coefficient (Wildman–Crippen LogP) is 7.38. The van der Waals surface area contributed by atoms with Gasteiger partial charge in [-0.1, -0.05) is 42.0 Å². The number of piperazine rings is 1. The molecule has 1 unspecified atom stereocenters. The van der Waals surface area contributed by atoms with Crippen LogP contribution in [-0.2, 0) is 6.42 Å². The van der Waals surface area contributed by atoms with Crippen LogP contribution >= 0.6 is 0 Å². The van der Waals surface area contributed by atoms with E-state index in [1.807, 2.05) is 45.0 Å². The lowest BCUT2D eigenvalue weighted by Gasteiger charge is -2.36. The van der Waals surface area contributed by atoms with Gasteiger partial charge in [0.2, 0.25) is 5.95 Å². The van der Waals surface area contributed by atoms with Crippen molar-refractivity contribution in [1.82, 2.24) is 19.8 Å². The molecule has 9 nitrogen and oxygen atoms in total. The summed E-state index contributed by atoms with van der Waals surface area (Å²) in [5.74, 6) is 0.883. The van der Waals surface area contributed by atoms with Crippen LogP contribution < -0.4 is 19.7 Å². The molecule has 2 heterocycles. The fourth-order valence-electron chi connectivity index (χ4n) is 6.80. The second-order valence-corrected chi connectivity index (χ2v) is 13.0. The minimum Gasteiger partial charge on any atom is -0.489 e. The van der Waals surface area contributed by atoms with Crippen molar-refractivity contribution < 1.29 is 18.7 Å². The van der Waals surface area contributed by atoms with Gasteiger partial charge in [-0.25, -0.2) is 14.2 Å². The molecule has 1 fully saturated rings. The molecule has 1 saturated heterocycles. The van der Waals surface area contributed by atoms with E-state index in [-0.39, 0.29) is 17.7 Å². The number of aromatic nitrogens is 2. The first-order valence-electron chi connectivity index (χ1n) is 16.8. The van der Waals surface area contributed by atoms with E-state index < -0.39 is 11.9 Å². The minimum atomic E-state index is -0.522. The molecule has 10 heteroatoms. The maximum atomic E-state index is 15.1. The normalized spacial score (nSPS) is 16.5. The van der Waals surface area contributed by atoms with Gasteiger partial charge < -0.3 is 14.8 Å². The van der Waals surface area contributed by atoms with Crippen molar-refractivity contribution in [1.29, 1.82) is 0 Å². The van der Waals surface area contributed by atoms with E-state index >= 15 is 4.39 Å². The smallest absolute Gasteiger partial charge is 0.421 e. The monoisotopic (exact) mass is 652 g/mol. The molecular formula is C38H45FN6O3. The quantitative estimate of drug-likeness (QED) is 0.190. The van der Waals surface area contributed by atoms with Crippen molar-refractivity contribution in [2.75, 3.05) is 49.5 Å². The highest BCUT2D eigenvalue weighted by atomic mass is 19.1. The van der Waals surface area contributed by atoms with Gasteiger partial charge in [-0.2, -0.15) is 4.98 Å². The average molecular weight is 653 g/mol. The van der Waals surface area contributed by atoms with Crippen molar-refractivity contribution in [2.24, 2.45) is 0 Å². The second-order valence-electron chi connectivity index (χ2n) is 13.0. The van der Waals surface area contributed by atoms with E-state index in [4.69, 9.17) is 14.5 Å². The molecule has 0 spiro atoms. The van der Waals surface area contributed by atoms with Gasteiger partial charge in [0, 0.05) is 56.7 Å². The standard InChI is InChI=1S/C38H45FN6O3/c1-25(2)44-18-16-43(17-19-44)20-21-47-34-13-11-30(24-32(34)39)41-37-40-15-14-35(42-37)45(33-12-10-29-8-6-7-9-31(29)33)38(46)48-36-27(4)22-26(3)23-28(36)5/h6-9,11,13-15,22-25,33H,10,12,16-21H2,1-5H3,(H,40,41,42). The lowest BCUT2D eigenvalue weighted by Crippen LogP contribution is -2.49. The first-order chi connectivity index (χ1) is 23.2. The minimum absolute atomic E-state index is 0.201. The number of amides is 1. The lowest BCUT2D eigenvalue weighted by molar-refractivity contribution is 0.0965. The van der Waals surface area contributed by atoms with Crippen LogP contribution in [0.15, 0.2) is 66.9 Å². The van der Waals surface area contributed by atoms with Gasteiger partial charge in [0.15, 0.2) is 11.6 Å². The molecule has 4 aromatic rings. The molecule has 1 aliphatic carbocycles. The van der Waals surface area contributed by atoms with Crippen LogP contribution in [0.5, 0.6) is 11.5 Å². The third kappa shape index (κ3) is 7.61. The van der Waals surface area contributed by atoms with Gasteiger partial charge >= 0.3 is 6.09 Å². The summed E-state index contributed by atoms with van der Waals surface area (Å²) in [6.45, 7) is 15.5. The Bertz CT molecular complexity index is 1730. The molecule has 252 valence electrons. The van der Waals surface area contributed by atoms with Gasteiger partial charge in [-0.15, -0.1) is 0 Å². The summed E-state index contributed by atoms with van der Waals surface area (Å²) < 4.78 is 27.0. The van der Waals surface area contributed by atoms with Gasteiger partial charge in [0.1, 0.15) is 18.2 Å². The summed E-state index contributed by atoms with van der Waals surface area (Å²) in [4.78, 5) is 29.6. The Balaban J connectivity index is 1.17. The number of carbonyl (C=O) groups is 1. The first-order valence-corrected chi connectivity index (χ1v) is 16.8. The summed E-state index contributed by atoms with van der Waals surface area (Å²) in [5.41, 5.74) is 5.60. The number of halogens is 1. The second kappa shape index (κ2) is 14.7. The summed E-state index contributed by atoms with van der Waals surface area (Å²) in [6.07, 6.45) is 2.63. The molecule has 1 amide bonds. The number of rotatable bonds is 10. The van der Waals surface area contributed by atoms with E-state index in [2.05, 4.69) is 46.1 Å². The zero-order valence-corrected chi connectivity index (χ0v) is 28.5. The third-order valence-corrected chi connectivity index (χ3v) is 9.28. The van der Waals surface area contributed by atoms with Crippen LogP contribution in [0.1, 0.15) is 54.1 Å². The summed E-state index contributed by atoms with van der Waals surface area (Å²) in [7, 11) is 0. The van der Waals surface area contributed by atoms with E-state index in [9.17, 15) is 4.79 Å². The summed E-state index contributed by atoms with van der Waals surface area (Å²) in [6, 6.07) is 18.8. The SMILES string of the molecule is Cc1cc(C)c(OC(=O)N(c2ccnc(Nc3ccc(OCCN4CCN(C(C)C)CC4)c(F)c3)n2)C2CCc3ccccc32)c(C)c1. The Morgan fingerprint density at radius 2 is 1.77 bits per heavy atom. The fourth-order valence-corrected chi connectivity index (χ4v) is 6.80. The molecular weight excluding hydrogens is 607 g/mol. The molecule has 1 atom stereocenters. The molecule has 3 aromatic carbocycles. The number of nitrogens with zero attached hydrogens (tertiary/aromatic N) is 5. The molecule has 0 saturated carbocycles. The van der Waals surface area contributed by atoms with Crippen molar-refractivity contribution in [3.8, 4) is 11.5 Å². The molecule has 0 bridgehead atoms. The Hall–Kier alpha value is -4.54. The molecule has 48 heavy (non-hydrogen) atoms. The predicted molar refractivity (Wildman–Crippen MR) is 187 cm³/mol. The molecule has 0 radical (unpaired) electrons. The number of nitrogens with one attached hydrogen (secondary N) is 1. The van der Waals surface area contributed by atoms with Crippen molar-refractivity contribution >= 4 is 23.5 Å². The maximum Gasteiger partial charge on any atom is 0.421 e. The van der Waals surface area contributed by atoms with Crippen LogP contribution in [0.2, 0.25) is 0 Å². The van der Waals surface area contributed by atoms with Crippen LogP contribution in [0.3, 0.4) is 0 Å². The molecule has 2 aliphatic rings. The highest BCUT2D eigenvalue weighted by Gasteiger charge is 2.35. The number of fused-ring (bicyclic) bond motifs is 1. The molecule has 1 N–H and O–H groups in total. The average Bonchev–Trinajstić information content (AvgIpc) is 3.48. The van der Waals surface area contributed by atoms with Crippen LogP contribution in [0, 0.1) is 26.6 Å². The third-order valence-electron chi connectivity index (χ3n) is 9.28. The highest BCUT2D eigenvalue weighted by molar-refractivity contribution is 5.90. The van der Waals surface area contributed by atoms with Crippen molar-refractivity contribution in [3.63, 3.8) is 0 Å². The Kier molecular flexibility index (Phi) is 10.2. The van der Waals surface area contributed by atoms with E-state index in [1.165, 1.54) is 11.6 Å². The Labute approximate surface area is 282 Å². The molecule has 1 aliphatic heterocycles. The summed E-state index contributed by atoms with van der Waals surface area (Å²) >= 11 is 0. The number of anilines is 3. The number of aryl methyl sites for hydroxylation is 4. The van der Waals surface area contributed by atoms with Crippen LogP contribution in [-0.4, -0.2) is 71.2 Å². The topological polar surface area (TPSA) is 83.1 Å². The van der Waals surface area contributed by atoms with Gasteiger partial charge in [-0.3, -0.25) is 14.7 Å².